The molecule has 4 N–H and O–H groups in total. The Labute approximate surface area is 142 Å². The number of nitrogens with two attached hydrogens (primary N) is 1. The first kappa shape index (κ1) is 16.3. The van der Waals surface area contributed by atoms with Crippen molar-refractivity contribution in [3.05, 3.63) is 47.5 Å². The van der Waals surface area contributed by atoms with E-state index in [-0.39, 0.29) is 12.1 Å². The minimum atomic E-state index is 0.112. The molecule has 0 radical (unpaired) electrons. The Morgan fingerprint density at radius 2 is 2.04 bits per heavy atom. The molecule has 3 rings (SSSR count). The van der Waals surface area contributed by atoms with Gasteiger partial charge in [0.15, 0.2) is 0 Å². The maximum Gasteiger partial charge on any atom is 0.146 e. The summed E-state index contributed by atoms with van der Waals surface area (Å²) in [6.07, 6.45) is 4.37. The largest absolute Gasteiger partial charge is 0.365 e. The number of nitriles is 1. The summed E-state index contributed by atoms with van der Waals surface area (Å²) < 4.78 is 0. The zero-order valence-electron chi connectivity index (χ0n) is 13.9. The van der Waals surface area contributed by atoms with Gasteiger partial charge in [-0.2, -0.15) is 5.26 Å². The molecule has 1 aromatic heterocycles. The van der Waals surface area contributed by atoms with Crippen molar-refractivity contribution in [1.29, 1.82) is 5.26 Å². The first-order chi connectivity index (χ1) is 11.7. The summed E-state index contributed by atoms with van der Waals surface area (Å²) in [6.45, 7) is 2.05. The number of nitrogens with zero attached hydrogens (tertiary/aromatic N) is 2. The zero-order valence-corrected chi connectivity index (χ0v) is 13.9. The van der Waals surface area contributed by atoms with Crippen LogP contribution in [-0.4, -0.2) is 17.1 Å². The van der Waals surface area contributed by atoms with Crippen LogP contribution in [0.5, 0.6) is 0 Å². The average molecular weight is 321 g/mol. The number of rotatable bonds is 4. The zero-order chi connectivity index (χ0) is 16.9. The Kier molecular flexibility index (Phi) is 4.97. The van der Waals surface area contributed by atoms with Gasteiger partial charge in [-0.25, -0.2) is 4.98 Å². The third kappa shape index (κ3) is 3.84. The van der Waals surface area contributed by atoms with Gasteiger partial charge in [0.2, 0.25) is 0 Å². The topological polar surface area (TPSA) is 86.8 Å². The molecule has 2 aromatic rings. The molecule has 2 atom stereocenters. The fraction of sp³-hybridized carbons (Fsp3) is 0.368. The van der Waals surface area contributed by atoms with Gasteiger partial charge in [0, 0.05) is 17.8 Å². The monoisotopic (exact) mass is 321 g/mol. The molecule has 1 aromatic carbocycles. The van der Waals surface area contributed by atoms with Gasteiger partial charge in [0.05, 0.1) is 5.56 Å². The van der Waals surface area contributed by atoms with Crippen molar-refractivity contribution in [2.24, 2.45) is 5.73 Å². The first-order valence-corrected chi connectivity index (χ1v) is 8.42. The molecule has 1 heterocycles. The van der Waals surface area contributed by atoms with Crippen molar-refractivity contribution in [3.8, 4) is 6.07 Å². The molecule has 124 valence electrons. The molecule has 1 aliphatic rings. The maximum absolute atomic E-state index is 9.35. The Morgan fingerprint density at radius 1 is 1.21 bits per heavy atom. The van der Waals surface area contributed by atoms with Gasteiger partial charge in [0.25, 0.3) is 0 Å². The van der Waals surface area contributed by atoms with Crippen molar-refractivity contribution in [2.45, 2.75) is 44.7 Å². The molecule has 0 amide bonds. The van der Waals surface area contributed by atoms with Gasteiger partial charge in [-0.05, 0) is 49.6 Å². The van der Waals surface area contributed by atoms with Gasteiger partial charge in [-0.3, -0.25) is 0 Å². The van der Waals surface area contributed by atoms with E-state index in [9.17, 15) is 5.26 Å². The van der Waals surface area contributed by atoms with Crippen LogP contribution >= 0.6 is 0 Å². The Morgan fingerprint density at radius 3 is 2.79 bits per heavy atom. The van der Waals surface area contributed by atoms with Crippen LogP contribution in [0.2, 0.25) is 0 Å². The van der Waals surface area contributed by atoms with Gasteiger partial charge >= 0.3 is 0 Å². The second kappa shape index (κ2) is 7.33. The minimum absolute atomic E-state index is 0.112. The van der Waals surface area contributed by atoms with E-state index in [1.807, 2.05) is 18.2 Å². The molecule has 0 aliphatic heterocycles. The second-order valence-electron chi connectivity index (χ2n) is 6.40. The van der Waals surface area contributed by atoms with Crippen LogP contribution in [0, 0.1) is 18.3 Å². The number of anilines is 3. The lowest BCUT2D eigenvalue weighted by atomic mass is 9.91. The highest BCUT2D eigenvalue weighted by Crippen LogP contribution is 2.24. The van der Waals surface area contributed by atoms with Crippen LogP contribution in [0.4, 0.5) is 17.3 Å². The normalized spacial score (nSPS) is 20.2. The highest BCUT2D eigenvalue weighted by molar-refractivity contribution is 5.62. The highest BCUT2D eigenvalue weighted by atomic mass is 15.1. The number of benzene rings is 1. The van der Waals surface area contributed by atoms with E-state index < -0.39 is 0 Å². The summed E-state index contributed by atoms with van der Waals surface area (Å²) in [7, 11) is 0. The molecule has 1 aliphatic carbocycles. The van der Waals surface area contributed by atoms with Crippen molar-refractivity contribution in [1.82, 2.24) is 4.98 Å². The van der Waals surface area contributed by atoms with E-state index in [1.165, 1.54) is 12.0 Å². The molecule has 0 spiro atoms. The van der Waals surface area contributed by atoms with Crippen LogP contribution in [0.3, 0.4) is 0 Å². The maximum atomic E-state index is 9.35. The predicted octanol–water partition coefficient (Wildman–Crippen LogP) is 3.69. The summed E-state index contributed by atoms with van der Waals surface area (Å²) in [5, 5.41) is 16.0. The lowest BCUT2D eigenvalue weighted by Gasteiger charge is -2.30. The van der Waals surface area contributed by atoms with Gasteiger partial charge < -0.3 is 16.4 Å². The minimum Gasteiger partial charge on any atom is -0.365 e. The number of pyridine rings is 1. The molecule has 1 saturated carbocycles. The van der Waals surface area contributed by atoms with Gasteiger partial charge in [-0.15, -0.1) is 0 Å². The quantitative estimate of drug-likeness (QED) is 0.799. The predicted molar refractivity (Wildman–Crippen MR) is 97.3 cm³/mol. The standard InChI is InChI=1S/C19H23N5/c1-13-5-4-6-15(11-13)22-18-10-9-14(12-20)19(24-18)23-17-8-3-2-7-16(17)21/h4-6,9-11,16-17H,2-3,7-8,21H2,1H3,(H2,22,23,24)/t16-,17+/m0/s1. The molecule has 0 saturated heterocycles. The Balaban J connectivity index is 1.81. The van der Waals surface area contributed by atoms with E-state index in [1.54, 1.807) is 6.07 Å². The summed E-state index contributed by atoms with van der Waals surface area (Å²) in [5.74, 6) is 1.32. The first-order valence-electron chi connectivity index (χ1n) is 8.42. The van der Waals surface area contributed by atoms with E-state index in [0.717, 1.165) is 24.9 Å². The summed E-state index contributed by atoms with van der Waals surface area (Å²) in [4.78, 5) is 4.60. The number of aryl methyl sites for hydroxylation is 1. The molecule has 24 heavy (non-hydrogen) atoms. The lowest BCUT2D eigenvalue weighted by Crippen LogP contribution is -2.42. The number of hydrogen-bond donors (Lipinski definition) is 3. The lowest BCUT2D eigenvalue weighted by molar-refractivity contribution is 0.403. The molecule has 5 heteroatoms. The Hall–Kier alpha value is -2.58. The van der Waals surface area contributed by atoms with E-state index >= 15 is 0 Å². The van der Waals surface area contributed by atoms with E-state index in [4.69, 9.17) is 5.73 Å². The summed E-state index contributed by atoms with van der Waals surface area (Å²) >= 11 is 0. The molecule has 5 nitrogen and oxygen atoms in total. The fourth-order valence-corrected chi connectivity index (χ4v) is 3.11. The number of aromatic nitrogens is 1. The highest BCUT2D eigenvalue weighted by Gasteiger charge is 2.23. The molecular weight excluding hydrogens is 298 g/mol. The van der Waals surface area contributed by atoms with Crippen LogP contribution in [0.25, 0.3) is 0 Å². The van der Waals surface area contributed by atoms with Gasteiger partial charge in [0.1, 0.15) is 17.7 Å². The second-order valence-corrected chi connectivity index (χ2v) is 6.40. The average Bonchev–Trinajstić information content (AvgIpc) is 2.57. The summed E-state index contributed by atoms with van der Waals surface area (Å²) in [6, 6.07) is 14.2. The third-order valence-electron chi connectivity index (χ3n) is 4.45. The SMILES string of the molecule is Cc1cccc(Nc2ccc(C#N)c(N[C@@H]3CCCC[C@@H]3N)n2)c1. The van der Waals surface area contributed by atoms with Crippen molar-refractivity contribution in [3.63, 3.8) is 0 Å². The van der Waals surface area contributed by atoms with Crippen LogP contribution in [0.15, 0.2) is 36.4 Å². The van der Waals surface area contributed by atoms with Gasteiger partial charge in [-0.1, -0.05) is 25.0 Å². The van der Waals surface area contributed by atoms with Crippen molar-refractivity contribution < 1.29 is 0 Å². The number of hydrogen-bond acceptors (Lipinski definition) is 5. The molecular formula is C19H23N5. The van der Waals surface area contributed by atoms with Crippen LogP contribution in [0.1, 0.15) is 36.8 Å². The Bertz CT molecular complexity index is 750. The third-order valence-corrected chi connectivity index (χ3v) is 4.45. The fourth-order valence-electron chi connectivity index (χ4n) is 3.11. The van der Waals surface area contributed by atoms with E-state index in [2.05, 4.69) is 40.7 Å². The smallest absolute Gasteiger partial charge is 0.146 e. The van der Waals surface area contributed by atoms with Crippen molar-refractivity contribution >= 4 is 17.3 Å². The van der Waals surface area contributed by atoms with Crippen LogP contribution < -0.4 is 16.4 Å². The van der Waals surface area contributed by atoms with Crippen LogP contribution in [-0.2, 0) is 0 Å². The van der Waals surface area contributed by atoms with Crippen molar-refractivity contribution in [2.75, 3.05) is 10.6 Å². The van der Waals surface area contributed by atoms with E-state index in [0.29, 0.717) is 17.2 Å². The summed E-state index contributed by atoms with van der Waals surface area (Å²) in [5.41, 5.74) is 8.91. The molecule has 0 unspecified atom stereocenters. The molecule has 0 bridgehead atoms. The molecule has 1 fully saturated rings. The number of nitrogens with one attached hydrogen (secondary N) is 2.